The van der Waals surface area contributed by atoms with Crippen LogP contribution in [0.2, 0.25) is 0 Å². The highest BCUT2D eigenvalue weighted by Crippen LogP contribution is 2.27. The summed E-state index contributed by atoms with van der Waals surface area (Å²) in [5.41, 5.74) is 4.41. The van der Waals surface area contributed by atoms with Crippen molar-refractivity contribution in [3.63, 3.8) is 0 Å². The van der Waals surface area contributed by atoms with Gasteiger partial charge in [0.05, 0.1) is 17.1 Å². The summed E-state index contributed by atoms with van der Waals surface area (Å²) in [6.07, 6.45) is 4.10. The van der Waals surface area contributed by atoms with Crippen molar-refractivity contribution in [2.24, 2.45) is 0 Å². The predicted molar refractivity (Wildman–Crippen MR) is 150 cm³/mol. The minimum Gasteiger partial charge on any atom is -0.461 e. The molecule has 0 aliphatic heterocycles. The minimum absolute atomic E-state index is 0.0146. The van der Waals surface area contributed by atoms with Gasteiger partial charge in [-0.05, 0) is 87.2 Å². The molecule has 204 valence electrons. The summed E-state index contributed by atoms with van der Waals surface area (Å²) < 4.78 is 12.7. The molecule has 9 heteroatoms. The van der Waals surface area contributed by atoms with Gasteiger partial charge in [-0.25, -0.2) is 5.48 Å². The Kier molecular flexibility index (Phi) is 9.38. The van der Waals surface area contributed by atoms with Gasteiger partial charge in [0, 0.05) is 23.5 Å². The molecule has 1 fully saturated rings. The summed E-state index contributed by atoms with van der Waals surface area (Å²) in [5, 5.41) is 16.6. The second kappa shape index (κ2) is 12.7. The first-order chi connectivity index (χ1) is 18.2. The molecule has 1 aliphatic carbocycles. The molecule has 0 bridgehead atoms. The molecule has 1 unspecified atom stereocenters. The van der Waals surface area contributed by atoms with E-state index in [9.17, 15) is 9.59 Å². The Hall–Kier alpha value is -2.98. The van der Waals surface area contributed by atoms with E-state index in [0.717, 1.165) is 52.6 Å². The van der Waals surface area contributed by atoms with Crippen molar-refractivity contribution in [3.05, 3.63) is 64.5 Å². The van der Waals surface area contributed by atoms with E-state index in [1.165, 1.54) is 11.3 Å². The van der Waals surface area contributed by atoms with Crippen LogP contribution in [-0.4, -0.2) is 41.4 Å². The van der Waals surface area contributed by atoms with Gasteiger partial charge in [0.2, 0.25) is 0 Å². The number of amides is 1. The Balaban J connectivity index is 1.35. The van der Waals surface area contributed by atoms with Gasteiger partial charge in [-0.15, -0.1) is 11.3 Å². The summed E-state index contributed by atoms with van der Waals surface area (Å²) in [7, 11) is 0. The van der Waals surface area contributed by atoms with Gasteiger partial charge in [-0.3, -0.25) is 20.1 Å². The molecule has 1 heterocycles. The number of carbonyl (C=O) groups excluding carboxylic acids is 2. The average Bonchev–Trinajstić information content (AvgIpc) is 3.56. The van der Waals surface area contributed by atoms with Crippen LogP contribution in [0.25, 0.3) is 10.1 Å². The van der Waals surface area contributed by atoms with Crippen LogP contribution in [0.5, 0.6) is 0 Å². The molecule has 3 aromatic rings. The number of fused-ring (bicyclic) bond motifs is 1. The predicted octanol–water partition coefficient (Wildman–Crippen LogP) is 5.39. The van der Waals surface area contributed by atoms with E-state index in [1.807, 2.05) is 57.2 Å². The van der Waals surface area contributed by atoms with Gasteiger partial charge in [0.25, 0.3) is 5.91 Å². The van der Waals surface area contributed by atoms with E-state index in [1.54, 1.807) is 11.5 Å². The van der Waals surface area contributed by atoms with Gasteiger partial charge in [0.15, 0.2) is 0 Å². The van der Waals surface area contributed by atoms with Crippen molar-refractivity contribution in [2.45, 2.75) is 77.3 Å². The van der Waals surface area contributed by atoms with Crippen molar-refractivity contribution in [1.82, 2.24) is 10.8 Å². The molecule has 4 N–H and O–H groups in total. The normalized spacial score (nSPS) is 14.9. The van der Waals surface area contributed by atoms with Crippen molar-refractivity contribution >= 4 is 39.0 Å². The van der Waals surface area contributed by atoms with Crippen LogP contribution in [0.4, 0.5) is 5.69 Å². The maximum Gasteiger partial charge on any atom is 0.325 e. The number of nitrogens with one attached hydrogen (secondary N) is 3. The van der Waals surface area contributed by atoms with Crippen molar-refractivity contribution in [3.8, 4) is 0 Å². The fourth-order valence-corrected chi connectivity index (χ4v) is 5.40. The van der Waals surface area contributed by atoms with Crippen LogP contribution in [-0.2, 0) is 27.4 Å². The molecule has 0 saturated heterocycles. The molecule has 4 rings (SSSR count). The van der Waals surface area contributed by atoms with E-state index >= 15 is 0 Å². The van der Waals surface area contributed by atoms with Gasteiger partial charge in [-0.2, -0.15) is 0 Å². The smallest absolute Gasteiger partial charge is 0.325 e. The van der Waals surface area contributed by atoms with Gasteiger partial charge < -0.3 is 14.8 Å². The zero-order valence-electron chi connectivity index (χ0n) is 22.2. The third-order valence-electron chi connectivity index (χ3n) is 6.44. The van der Waals surface area contributed by atoms with Crippen molar-refractivity contribution in [2.75, 3.05) is 11.9 Å². The third kappa shape index (κ3) is 8.01. The van der Waals surface area contributed by atoms with E-state index in [2.05, 4.69) is 16.7 Å². The highest BCUT2D eigenvalue weighted by atomic mass is 32.1. The first-order valence-corrected chi connectivity index (χ1v) is 13.9. The number of hydrogen-bond donors (Lipinski definition) is 4. The molecule has 2 aromatic carbocycles. The monoisotopic (exact) mass is 539 g/mol. The van der Waals surface area contributed by atoms with Crippen LogP contribution in [0.1, 0.15) is 67.3 Å². The van der Waals surface area contributed by atoms with Crippen LogP contribution in [0, 0.1) is 0 Å². The van der Waals surface area contributed by atoms with E-state index in [0.29, 0.717) is 18.0 Å². The molecule has 1 amide bonds. The Bertz CT molecular complexity index is 1250. The molecule has 1 aliphatic rings. The molecule has 0 radical (unpaired) electrons. The quantitative estimate of drug-likeness (QED) is 0.147. The Labute approximate surface area is 227 Å². The lowest BCUT2D eigenvalue weighted by molar-refractivity contribution is -0.154. The zero-order chi connectivity index (χ0) is 27.1. The SMILES string of the molecule is CC(C)(C)OCC(NCc1cccc(NCc2ccc3cc(C(=O)NO)sc3c2)c1)C(=O)OC1CCCC1. The summed E-state index contributed by atoms with van der Waals surface area (Å²) >= 11 is 1.34. The first kappa shape index (κ1) is 28.0. The van der Waals surface area contributed by atoms with E-state index < -0.39 is 11.9 Å². The van der Waals surface area contributed by atoms with E-state index in [-0.39, 0.29) is 24.3 Å². The van der Waals surface area contributed by atoms with E-state index in [4.69, 9.17) is 14.7 Å². The largest absolute Gasteiger partial charge is 0.461 e. The number of hydrogen-bond acceptors (Lipinski definition) is 8. The maximum atomic E-state index is 12.9. The van der Waals surface area contributed by atoms with Crippen LogP contribution < -0.4 is 16.1 Å². The Morgan fingerprint density at radius 1 is 1.05 bits per heavy atom. The van der Waals surface area contributed by atoms with Gasteiger partial charge in [0.1, 0.15) is 12.1 Å². The number of esters is 1. The molecule has 38 heavy (non-hydrogen) atoms. The molecular weight excluding hydrogens is 502 g/mol. The van der Waals surface area contributed by atoms with Crippen LogP contribution in [0.15, 0.2) is 48.5 Å². The summed E-state index contributed by atoms with van der Waals surface area (Å²) in [6, 6.07) is 15.3. The molecular formula is C29H37N3O5S. The zero-order valence-corrected chi connectivity index (χ0v) is 23.0. The topological polar surface area (TPSA) is 109 Å². The fourth-order valence-electron chi connectivity index (χ4n) is 4.39. The minimum atomic E-state index is -0.540. The molecule has 1 atom stereocenters. The number of benzene rings is 2. The molecule has 1 saturated carbocycles. The number of carbonyl (C=O) groups is 2. The van der Waals surface area contributed by atoms with Gasteiger partial charge >= 0.3 is 5.97 Å². The van der Waals surface area contributed by atoms with Gasteiger partial charge in [-0.1, -0.05) is 24.3 Å². The number of anilines is 1. The summed E-state index contributed by atoms with van der Waals surface area (Å²) in [5.74, 6) is -0.755. The Morgan fingerprint density at radius 2 is 1.82 bits per heavy atom. The summed E-state index contributed by atoms with van der Waals surface area (Å²) in [4.78, 5) is 25.1. The first-order valence-electron chi connectivity index (χ1n) is 13.1. The van der Waals surface area contributed by atoms with Crippen LogP contribution in [0.3, 0.4) is 0 Å². The summed E-state index contributed by atoms with van der Waals surface area (Å²) in [6.45, 7) is 7.29. The second-order valence-electron chi connectivity index (χ2n) is 10.7. The molecule has 1 aromatic heterocycles. The lowest BCUT2D eigenvalue weighted by Gasteiger charge is -2.25. The highest BCUT2D eigenvalue weighted by Gasteiger charge is 2.27. The van der Waals surface area contributed by atoms with Crippen molar-refractivity contribution in [1.29, 1.82) is 0 Å². The van der Waals surface area contributed by atoms with Crippen molar-refractivity contribution < 1.29 is 24.3 Å². The molecule has 8 nitrogen and oxygen atoms in total. The average molecular weight is 540 g/mol. The standard InChI is InChI=1S/C29H37N3O5S/c1-29(2,3)36-18-24(28(34)37-23-9-4-5-10-23)31-17-19-7-6-8-22(13-19)30-16-20-11-12-21-15-26(27(33)32-35)38-25(21)14-20/h6-8,11-15,23-24,30-31,35H,4-5,9-10,16-18H2,1-3H3,(H,32,33). The fraction of sp³-hybridized carbons (Fsp3) is 0.448. The number of ether oxygens (including phenoxy) is 2. The third-order valence-corrected chi connectivity index (χ3v) is 7.54. The highest BCUT2D eigenvalue weighted by molar-refractivity contribution is 7.20. The second-order valence-corrected chi connectivity index (χ2v) is 11.8. The number of thiophene rings is 1. The number of rotatable bonds is 11. The number of hydroxylamine groups is 1. The molecule has 0 spiro atoms. The van der Waals surface area contributed by atoms with Crippen LogP contribution >= 0.6 is 11.3 Å². The lowest BCUT2D eigenvalue weighted by Crippen LogP contribution is -2.44. The maximum absolute atomic E-state index is 12.9. The lowest BCUT2D eigenvalue weighted by atomic mass is 10.1. The Morgan fingerprint density at radius 3 is 2.55 bits per heavy atom.